The first-order valence-corrected chi connectivity index (χ1v) is 11.8. The maximum absolute atomic E-state index is 11.6. The van der Waals surface area contributed by atoms with Gasteiger partial charge in [-0.05, 0) is 86.8 Å². The molecular weight excluding hydrogens is 446 g/mol. The first-order valence-electron chi connectivity index (χ1n) is 11.8. The Morgan fingerprint density at radius 2 is 1.54 bits per heavy atom. The molecule has 2 aliphatic carbocycles. The zero-order chi connectivity index (χ0) is 26.8. The van der Waals surface area contributed by atoms with E-state index in [0.29, 0.717) is 5.56 Å². The van der Waals surface area contributed by atoms with Crippen LogP contribution in [0.4, 0.5) is 10.5 Å². The molecule has 1 aromatic heterocycles. The molecule has 2 aromatic rings. The third-order valence-electron chi connectivity index (χ3n) is 5.26. The van der Waals surface area contributed by atoms with E-state index in [0.717, 1.165) is 30.5 Å². The van der Waals surface area contributed by atoms with E-state index in [1.807, 2.05) is 27.6 Å². The number of esters is 1. The number of benzene rings is 1. The van der Waals surface area contributed by atoms with Gasteiger partial charge in [0.1, 0.15) is 13.1 Å². The summed E-state index contributed by atoms with van der Waals surface area (Å²) in [6.45, 7) is 9.27. The molecule has 0 unspecified atom stereocenters. The van der Waals surface area contributed by atoms with E-state index in [1.54, 1.807) is 25.4 Å². The topological polar surface area (TPSA) is 114 Å². The molecule has 0 fully saturated rings. The molecule has 0 saturated carbocycles. The molecule has 0 radical (unpaired) electrons. The highest BCUT2D eigenvalue weighted by Gasteiger charge is 2.24. The average molecular weight is 486 g/mol. The molecular formula is C27H39N3O5. The molecule has 1 aromatic carbocycles. The van der Waals surface area contributed by atoms with Crippen LogP contribution in [0.5, 0.6) is 0 Å². The summed E-state index contributed by atoms with van der Waals surface area (Å²) in [6.07, 6.45) is 9.35. The van der Waals surface area contributed by atoms with Crippen LogP contribution in [0.3, 0.4) is 0 Å². The van der Waals surface area contributed by atoms with Crippen molar-refractivity contribution in [3.63, 3.8) is 0 Å². The summed E-state index contributed by atoms with van der Waals surface area (Å²) in [5, 5.41) is 5.69. The van der Waals surface area contributed by atoms with Crippen molar-refractivity contribution >= 4 is 30.8 Å². The van der Waals surface area contributed by atoms with Gasteiger partial charge in [-0.3, -0.25) is 4.98 Å². The van der Waals surface area contributed by atoms with E-state index in [4.69, 9.17) is 9.59 Å². The van der Waals surface area contributed by atoms with Gasteiger partial charge in [0.2, 0.25) is 0 Å². The van der Waals surface area contributed by atoms with Crippen LogP contribution < -0.4 is 10.6 Å². The molecule has 2 N–H and O–H groups in total. The number of ether oxygens (including phenoxy) is 1. The molecule has 2 amide bonds. The van der Waals surface area contributed by atoms with Crippen LogP contribution in [-0.4, -0.2) is 44.2 Å². The second kappa shape index (κ2) is 17.9. The number of pyridine rings is 1. The number of anilines is 1. The summed E-state index contributed by atoms with van der Waals surface area (Å²) in [7, 11) is 3.02. The Kier molecular flexibility index (Phi) is 16.1. The maximum atomic E-state index is 11.6. The molecule has 1 heterocycles. The zero-order valence-corrected chi connectivity index (χ0v) is 21.8. The Morgan fingerprint density at radius 1 is 1.03 bits per heavy atom. The highest BCUT2D eigenvalue weighted by Crippen LogP contribution is 2.38. The van der Waals surface area contributed by atoms with Crippen LogP contribution in [-0.2, 0) is 40.0 Å². The lowest BCUT2D eigenvalue weighted by Crippen LogP contribution is -2.25. The number of aromatic nitrogens is 1. The van der Waals surface area contributed by atoms with Gasteiger partial charge in [0, 0.05) is 24.6 Å². The molecule has 8 nitrogen and oxygen atoms in total. The van der Waals surface area contributed by atoms with Crippen LogP contribution in [0.15, 0.2) is 24.4 Å². The molecule has 2 aliphatic rings. The second-order valence-electron chi connectivity index (χ2n) is 7.35. The number of aldehydes is 1. The number of carbonyl (C=O) groups excluding carboxylic acids is 4. The number of carbonyl (C=O) groups is 4. The number of rotatable bonds is 2. The normalized spacial score (nSPS) is 11.6. The van der Waals surface area contributed by atoms with E-state index < -0.39 is 0 Å². The minimum Gasteiger partial charge on any atom is -0.465 e. The highest BCUT2D eigenvalue weighted by atomic mass is 16.5. The van der Waals surface area contributed by atoms with E-state index in [2.05, 4.69) is 26.4 Å². The molecule has 0 spiro atoms. The van der Waals surface area contributed by atoms with Gasteiger partial charge in [0.25, 0.3) is 0 Å². The molecule has 0 bridgehead atoms. The van der Waals surface area contributed by atoms with E-state index in [9.17, 15) is 9.59 Å². The van der Waals surface area contributed by atoms with Crippen LogP contribution in [0.1, 0.15) is 71.9 Å². The molecule has 4 rings (SSSR count). The van der Waals surface area contributed by atoms with Gasteiger partial charge in [0.05, 0.1) is 12.7 Å². The quantitative estimate of drug-likeness (QED) is 0.473. The van der Waals surface area contributed by atoms with Gasteiger partial charge >= 0.3 is 12.0 Å². The number of aryl methyl sites for hydroxylation is 3. The van der Waals surface area contributed by atoms with Crippen molar-refractivity contribution in [2.45, 2.75) is 66.2 Å². The molecule has 0 atom stereocenters. The van der Waals surface area contributed by atoms with Crippen LogP contribution in [0, 0.1) is 6.92 Å². The van der Waals surface area contributed by atoms with Crippen molar-refractivity contribution in [2.75, 3.05) is 19.5 Å². The smallest absolute Gasteiger partial charge is 0.337 e. The second-order valence-corrected chi connectivity index (χ2v) is 7.35. The van der Waals surface area contributed by atoms with Crippen LogP contribution >= 0.6 is 0 Å². The predicted molar refractivity (Wildman–Crippen MR) is 139 cm³/mol. The van der Waals surface area contributed by atoms with Crippen molar-refractivity contribution < 1.29 is 23.9 Å². The Labute approximate surface area is 208 Å². The lowest BCUT2D eigenvalue weighted by Gasteiger charge is -2.15. The molecule has 0 saturated heterocycles. The standard InChI is InChI=1S/C14H18N2O.C8H9NO2.C2H4O.C2H6.CH2O/c1-15-14(17)16-13-11-6-2-4-9(11)8-10-5-3-7-12(10)13;1-6-5-7(3-4-9-6)8(10)11-2;1-2-3;2*1-2/h8H,2-7H2,1H3,(H2,15,16,17);3-5H,1-2H3;2H,1H3;1-2H3;1H2. The van der Waals surface area contributed by atoms with Crippen molar-refractivity contribution in [3.05, 3.63) is 57.9 Å². The minimum absolute atomic E-state index is 0.0978. The summed E-state index contributed by atoms with van der Waals surface area (Å²) < 4.78 is 4.52. The fourth-order valence-corrected chi connectivity index (χ4v) is 3.93. The van der Waals surface area contributed by atoms with Gasteiger partial charge in [-0.25, -0.2) is 9.59 Å². The van der Waals surface area contributed by atoms with Gasteiger partial charge < -0.3 is 25.0 Å². The van der Waals surface area contributed by atoms with E-state index in [-0.39, 0.29) is 12.0 Å². The summed E-state index contributed by atoms with van der Waals surface area (Å²) in [6, 6.07) is 5.59. The first kappa shape index (κ1) is 31.4. The van der Waals surface area contributed by atoms with Crippen LogP contribution in [0.2, 0.25) is 0 Å². The predicted octanol–water partition coefficient (Wildman–Crippen LogP) is 4.64. The number of urea groups is 1. The fourth-order valence-electron chi connectivity index (χ4n) is 3.93. The Morgan fingerprint density at radius 3 is 1.97 bits per heavy atom. The molecule has 35 heavy (non-hydrogen) atoms. The number of amides is 2. The summed E-state index contributed by atoms with van der Waals surface area (Å²) in [5.41, 5.74) is 8.15. The van der Waals surface area contributed by atoms with Crippen molar-refractivity contribution in [1.29, 1.82) is 0 Å². The van der Waals surface area contributed by atoms with Crippen molar-refractivity contribution in [2.24, 2.45) is 0 Å². The third-order valence-corrected chi connectivity index (χ3v) is 5.26. The van der Waals surface area contributed by atoms with Gasteiger partial charge in [-0.15, -0.1) is 0 Å². The first-order chi connectivity index (χ1) is 16.9. The van der Waals surface area contributed by atoms with Gasteiger partial charge in [-0.2, -0.15) is 0 Å². The molecule has 8 heteroatoms. The van der Waals surface area contributed by atoms with Crippen molar-refractivity contribution in [3.8, 4) is 0 Å². The number of fused-ring (bicyclic) bond motifs is 2. The minimum atomic E-state index is -0.324. The van der Waals surface area contributed by atoms with Gasteiger partial charge in [-0.1, -0.05) is 19.9 Å². The monoisotopic (exact) mass is 485 g/mol. The third kappa shape index (κ3) is 9.68. The number of hydrogen-bond donors (Lipinski definition) is 2. The van der Waals surface area contributed by atoms with Crippen molar-refractivity contribution in [1.82, 2.24) is 10.3 Å². The lowest BCUT2D eigenvalue weighted by molar-refractivity contribution is -0.106. The average Bonchev–Trinajstić information content (AvgIpc) is 3.56. The molecule has 192 valence electrons. The summed E-state index contributed by atoms with van der Waals surface area (Å²) in [4.78, 5) is 43.2. The number of nitrogens with zero attached hydrogens (tertiary/aromatic N) is 1. The largest absolute Gasteiger partial charge is 0.465 e. The van der Waals surface area contributed by atoms with Crippen LogP contribution in [0.25, 0.3) is 0 Å². The maximum Gasteiger partial charge on any atom is 0.337 e. The SMILES string of the molecule is C=O.CC.CC=O.CNC(=O)Nc1c2c(cc3c1CCC3)CCC2.COC(=O)c1ccnc(C)c1. The molecule has 0 aliphatic heterocycles. The lowest BCUT2D eigenvalue weighted by atomic mass is 9.99. The van der Waals surface area contributed by atoms with E-state index >= 15 is 0 Å². The zero-order valence-electron chi connectivity index (χ0n) is 21.8. The number of hydrogen-bond acceptors (Lipinski definition) is 6. The number of methoxy groups -OCH3 is 1. The Bertz CT molecular complexity index is 928. The summed E-state index contributed by atoms with van der Waals surface area (Å²) in [5.74, 6) is -0.324. The van der Waals surface area contributed by atoms with Gasteiger partial charge in [0.15, 0.2) is 0 Å². The highest BCUT2D eigenvalue weighted by molar-refractivity contribution is 5.92. The fraction of sp³-hybridized carbons (Fsp3) is 0.444. The van der Waals surface area contributed by atoms with E-state index in [1.165, 1.54) is 62.0 Å². The summed E-state index contributed by atoms with van der Waals surface area (Å²) >= 11 is 0. The number of nitrogens with one attached hydrogen (secondary N) is 2. The Balaban J connectivity index is 0.000000557. The Hall–Kier alpha value is -3.55.